The molecule has 2 rings (SSSR count). The first kappa shape index (κ1) is 20.1. The lowest BCUT2D eigenvalue weighted by atomic mass is 9.79. The van der Waals surface area contributed by atoms with E-state index < -0.39 is 11.6 Å². The Morgan fingerprint density at radius 3 is 2.35 bits per heavy atom. The van der Waals surface area contributed by atoms with Crippen molar-refractivity contribution < 1.29 is 9.50 Å². The van der Waals surface area contributed by atoms with Crippen molar-refractivity contribution in [2.45, 2.75) is 57.7 Å². The van der Waals surface area contributed by atoms with Crippen LogP contribution in [0.2, 0.25) is 0 Å². The van der Waals surface area contributed by atoms with Gasteiger partial charge in [-0.05, 0) is 64.8 Å². The standard InChI is InChI=1S/C20H31FN4O/c1-19(2)11-13(12-20(3,4)24-19)25(5)17(23)10-9-16(22)14-7-6-8-15(21)18(14)26/h6-10,13,24,26H,11-12,22-23H2,1-5H3/b16-9-,17-10+. The van der Waals surface area contributed by atoms with Crippen molar-refractivity contribution >= 4 is 5.70 Å². The number of rotatable bonds is 4. The van der Waals surface area contributed by atoms with Gasteiger partial charge in [-0.1, -0.05) is 6.07 Å². The van der Waals surface area contributed by atoms with E-state index >= 15 is 0 Å². The number of para-hydroxylation sites is 1. The minimum Gasteiger partial charge on any atom is -0.504 e. The first-order valence-electron chi connectivity index (χ1n) is 8.85. The molecule has 0 atom stereocenters. The van der Waals surface area contributed by atoms with Crippen LogP contribution in [0.4, 0.5) is 4.39 Å². The van der Waals surface area contributed by atoms with E-state index in [-0.39, 0.29) is 28.4 Å². The maximum Gasteiger partial charge on any atom is 0.165 e. The molecule has 6 N–H and O–H groups in total. The number of nitrogens with one attached hydrogen (secondary N) is 1. The van der Waals surface area contributed by atoms with Crippen LogP contribution in [0.1, 0.15) is 46.1 Å². The molecule has 0 aromatic heterocycles. The van der Waals surface area contributed by atoms with Crippen molar-refractivity contribution in [3.8, 4) is 5.75 Å². The fourth-order valence-electron chi connectivity index (χ4n) is 3.88. The van der Waals surface area contributed by atoms with E-state index in [1.54, 1.807) is 18.2 Å². The summed E-state index contributed by atoms with van der Waals surface area (Å²) in [5, 5.41) is 13.5. The molecular weight excluding hydrogens is 331 g/mol. The number of nitrogens with two attached hydrogens (primary N) is 2. The summed E-state index contributed by atoms with van der Waals surface area (Å²) in [6.07, 6.45) is 5.22. The number of piperidine rings is 1. The lowest BCUT2D eigenvalue weighted by molar-refractivity contribution is 0.0981. The van der Waals surface area contributed by atoms with Gasteiger partial charge in [-0.15, -0.1) is 0 Å². The first-order valence-corrected chi connectivity index (χ1v) is 8.85. The minimum atomic E-state index is -0.702. The van der Waals surface area contributed by atoms with Gasteiger partial charge in [0, 0.05) is 35.4 Å². The monoisotopic (exact) mass is 362 g/mol. The van der Waals surface area contributed by atoms with Crippen LogP contribution in [0.5, 0.6) is 5.75 Å². The Hall–Kier alpha value is -2.21. The van der Waals surface area contributed by atoms with Crippen molar-refractivity contribution in [3.63, 3.8) is 0 Å². The van der Waals surface area contributed by atoms with E-state index in [9.17, 15) is 9.50 Å². The molecule has 1 aromatic rings. The van der Waals surface area contributed by atoms with E-state index in [0.717, 1.165) is 12.8 Å². The lowest BCUT2D eigenvalue weighted by Crippen LogP contribution is -2.61. The van der Waals surface area contributed by atoms with Gasteiger partial charge >= 0.3 is 0 Å². The van der Waals surface area contributed by atoms with E-state index in [0.29, 0.717) is 5.82 Å². The molecule has 0 saturated carbocycles. The summed E-state index contributed by atoms with van der Waals surface area (Å²) in [6, 6.07) is 4.54. The maximum atomic E-state index is 13.5. The molecule has 0 aliphatic carbocycles. The molecular formula is C20H31FN4O. The molecule has 144 valence electrons. The van der Waals surface area contributed by atoms with Crippen LogP contribution in [0.15, 0.2) is 36.2 Å². The Morgan fingerprint density at radius 2 is 1.77 bits per heavy atom. The van der Waals surface area contributed by atoms with Gasteiger partial charge in [0.1, 0.15) is 0 Å². The Kier molecular flexibility index (Phi) is 5.56. The average molecular weight is 362 g/mol. The van der Waals surface area contributed by atoms with Gasteiger partial charge in [0.05, 0.1) is 5.82 Å². The highest BCUT2D eigenvalue weighted by atomic mass is 19.1. The Balaban J connectivity index is 2.19. The number of aromatic hydroxyl groups is 1. The molecule has 1 saturated heterocycles. The summed E-state index contributed by atoms with van der Waals surface area (Å²) in [6.45, 7) is 8.77. The zero-order chi connectivity index (χ0) is 19.7. The summed E-state index contributed by atoms with van der Waals surface area (Å²) < 4.78 is 13.5. The summed E-state index contributed by atoms with van der Waals surface area (Å²) in [7, 11) is 1.97. The number of phenolic OH excluding ortho intramolecular Hbond substituents is 1. The Morgan fingerprint density at radius 1 is 1.19 bits per heavy atom. The van der Waals surface area contributed by atoms with Crippen LogP contribution in [0.3, 0.4) is 0 Å². The summed E-state index contributed by atoms with van der Waals surface area (Å²) >= 11 is 0. The molecule has 0 unspecified atom stereocenters. The van der Waals surface area contributed by atoms with Crippen LogP contribution < -0.4 is 16.8 Å². The molecule has 6 heteroatoms. The molecule has 1 aliphatic heterocycles. The SMILES string of the molecule is CN(/C(N)=C/C=C(\N)c1cccc(F)c1O)C1CC(C)(C)NC(C)(C)C1. The zero-order valence-corrected chi connectivity index (χ0v) is 16.3. The third kappa shape index (κ3) is 4.69. The van der Waals surface area contributed by atoms with Crippen LogP contribution >= 0.6 is 0 Å². The second-order valence-corrected chi connectivity index (χ2v) is 8.42. The highest BCUT2D eigenvalue weighted by Gasteiger charge is 2.39. The second kappa shape index (κ2) is 7.19. The van der Waals surface area contributed by atoms with E-state index in [1.807, 2.05) is 7.05 Å². The molecule has 1 aromatic carbocycles. The minimum absolute atomic E-state index is 0.0170. The van der Waals surface area contributed by atoms with Crippen molar-refractivity contribution in [3.05, 3.63) is 47.6 Å². The number of benzene rings is 1. The Bertz CT molecular complexity index is 709. The number of nitrogens with zero attached hydrogens (tertiary/aromatic N) is 1. The predicted octanol–water partition coefficient (Wildman–Crippen LogP) is 2.87. The molecule has 1 aliphatic rings. The largest absolute Gasteiger partial charge is 0.504 e. The van der Waals surface area contributed by atoms with Crippen LogP contribution in [0.25, 0.3) is 5.70 Å². The maximum absolute atomic E-state index is 13.5. The highest BCUT2D eigenvalue weighted by Crippen LogP contribution is 2.32. The van der Waals surface area contributed by atoms with Crippen molar-refractivity contribution in [2.75, 3.05) is 7.05 Å². The highest BCUT2D eigenvalue weighted by molar-refractivity contribution is 5.69. The molecule has 5 nitrogen and oxygen atoms in total. The second-order valence-electron chi connectivity index (χ2n) is 8.42. The normalized spacial score (nSPS) is 20.8. The van der Waals surface area contributed by atoms with E-state index in [1.165, 1.54) is 12.1 Å². The fourth-order valence-corrected chi connectivity index (χ4v) is 3.88. The molecule has 26 heavy (non-hydrogen) atoms. The van der Waals surface area contributed by atoms with Crippen molar-refractivity contribution in [1.29, 1.82) is 0 Å². The van der Waals surface area contributed by atoms with Crippen molar-refractivity contribution in [1.82, 2.24) is 10.2 Å². The summed E-state index contributed by atoms with van der Waals surface area (Å²) in [5.41, 5.74) is 12.8. The number of hydrogen-bond acceptors (Lipinski definition) is 5. The smallest absolute Gasteiger partial charge is 0.165 e. The van der Waals surface area contributed by atoms with E-state index in [2.05, 4.69) is 37.9 Å². The van der Waals surface area contributed by atoms with Gasteiger partial charge in [0.15, 0.2) is 11.6 Å². The average Bonchev–Trinajstić information content (AvgIpc) is 2.51. The number of halogens is 1. The molecule has 0 spiro atoms. The summed E-state index contributed by atoms with van der Waals surface area (Å²) in [5.74, 6) is -0.585. The first-order chi connectivity index (χ1) is 11.9. The van der Waals surface area contributed by atoms with Gasteiger partial charge in [-0.25, -0.2) is 4.39 Å². The zero-order valence-electron chi connectivity index (χ0n) is 16.3. The van der Waals surface area contributed by atoms with Gasteiger partial charge in [0.2, 0.25) is 0 Å². The van der Waals surface area contributed by atoms with Gasteiger partial charge in [0.25, 0.3) is 0 Å². The van der Waals surface area contributed by atoms with Crippen LogP contribution in [-0.2, 0) is 0 Å². The van der Waals surface area contributed by atoms with Crippen LogP contribution in [0, 0.1) is 5.82 Å². The quantitative estimate of drug-likeness (QED) is 0.619. The third-order valence-corrected chi connectivity index (χ3v) is 4.86. The molecule has 0 radical (unpaired) electrons. The molecule has 1 fully saturated rings. The lowest BCUT2D eigenvalue weighted by Gasteiger charge is -2.49. The van der Waals surface area contributed by atoms with Gasteiger partial charge < -0.3 is 26.8 Å². The van der Waals surface area contributed by atoms with Crippen molar-refractivity contribution in [2.24, 2.45) is 11.5 Å². The number of phenols is 1. The third-order valence-electron chi connectivity index (χ3n) is 4.86. The van der Waals surface area contributed by atoms with Gasteiger partial charge in [-0.3, -0.25) is 0 Å². The topological polar surface area (TPSA) is 87.5 Å². The number of hydrogen-bond donors (Lipinski definition) is 4. The van der Waals surface area contributed by atoms with E-state index in [4.69, 9.17) is 11.5 Å². The molecule has 0 bridgehead atoms. The summed E-state index contributed by atoms with van der Waals surface area (Å²) in [4.78, 5) is 2.06. The predicted molar refractivity (Wildman–Crippen MR) is 105 cm³/mol. The molecule has 1 heterocycles. The fraction of sp³-hybridized carbons (Fsp3) is 0.500. The Labute approximate surface area is 155 Å². The molecule has 0 amide bonds. The van der Waals surface area contributed by atoms with Crippen LogP contribution in [-0.4, -0.2) is 34.2 Å². The number of allylic oxidation sites excluding steroid dienone is 2. The van der Waals surface area contributed by atoms with Gasteiger partial charge in [-0.2, -0.15) is 0 Å².